The molecule has 6 nitrogen and oxygen atoms in total. The van der Waals surface area contributed by atoms with Crippen molar-refractivity contribution in [3.8, 4) is 0 Å². The van der Waals surface area contributed by atoms with Gasteiger partial charge in [-0.15, -0.1) is 0 Å². The van der Waals surface area contributed by atoms with Crippen molar-refractivity contribution in [2.45, 2.75) is 6.92 Å². The quantitative estimate of drug-likeness (QED) is 0.929. The number of anilines is 3. The zero-order valence-corrected chi connectivity index (χ0v) is 12.5. The molecule has 1 N–H and O–H groups in total. The summed E-state index contributed by atoms with van der Waals surface area (Å²) in [5, 5.41) is 3.18. The van der Waals surface area contributed by atoms with Gasteiger partial charge < -0.3 is 15.1 Å². The standard InChI is InChI=1S/C15H19FN6/c1-2-17-13-5-7-19-15(20-13)22-10-8-21(9-11-22)14-12(16)4-3-6-18-14/h3-7H,2,8-11H2,1H3,(H,17,19,20). The maximum Gasteiger partial charge on any atom is 0.227 e. The molecule has 1 fully saturated rings. The van der Waals surface area contributed by atoms with Crippen LogP contribution in [0.4, 0.5) is 22.0 Å². The van der Waals surface area contributed by atoms with Crippen LogP contribution in [0.3, 0.4) is 0 Å². The fraction of sp³-hybridized carbons (Fsp3) is 0.400. The molecule has 7 heteroatoms. The van der Waals surface area contributed by atoms with Gasteiger partial charge in [0.15, 0.2) is 11.6 Å². The van der Waals surface area contributed by atoms with Gasteiger partial charge in [-0.2, -0.15) is 4.98 Å². The Hall–Kier alpha value is -2.44. The van der Waals surface area contributed by atoms with Crippen molar-refractivity contribution in [3.63, 3.8) is 0 Å². The summed E-state index contributed by atoms with van der Waals surface area (Å²) in [5.41, 5.74) is 0. The first-order valence-electron chi connectivity index (χ1n) is 7.45. The van der Waals surface area contributed by atoms with Gasteiger partial charge in [-0.3, -0.25) is 0 Å². The summed E-state index contributed by atoms with van der Waals surface area (Å²) in [6.45, 7) is 5.73. The van der Waals surface area contributed by atoms with Crippen LogP contribution in [0.15, 0.2) is 30.6 Å². The summed E-state index contributed by atoms with van der Waals surface area (Å²) in [4.78, 5) is 17.0. The van der Waals surface area contributed by atoms with Crippen LogP contribution in [0.2, 0.25) is 0 Å². The number of aromatic nitrogens is 3. The van der Waals surface area contributed by atoms with Gasteiger partial charge in [-0.1, -0.05) is 0 Å². The number of piperazine rings is 1. The van der Waals surface area contributed by atoms with Gasteiger partial charge in [0.1, 0.15) is 5.82 Å². The minimum atomic E-state index is -0.277. The monoisotopic (exact) mass is 302 g/mol. The van der Waals surface area contributed by atoms with Crippen molar-refractivity contribution in [1.29, 1.82) is 0 Å². The Morgan fingerprint density at radius 1 is 1.09 bits per heavy atom. The van der Waals surface area contributed by atoms with Crippen molar-refractivity contribution in [3.05, 3.63) is 36.4 Å². The molecule has 2 aromatic rings. The van der Waals surface area contributed by atoms with Crippen molar-refractivity contribution >= 4 is 17.6 Å². The molecule has 116 valence electrons. The first-order chi connectivity index (χ1) is 10.8. The predicted octanol–water partition coefficient (Wildman–Crippen LogP) is 1.77. The lowest BCUT2D eigenvalue weighted by Crippen LogP contribution is -2.47. The molecule has 1 aliphatic heterocycles. The van der Waals surface area contributed by atoms with E-state index in [0.29, 0.717) is 24.9 Å². The van der Waals surface area contributed by atoms with Crippen LogP contribution in [0.5, 0.6) is 0 Å². The van der Waals surface area contributed by atoms with Crippen LogP contribution in [0.1, 0.15) is 6.92 Å². The smallest absolute Gasteiger partial charge is 0.227 e. The number of hydrogen-bond donors (Lipinski definition) is 1. The zero-order valence-electron chi connectivity index (χ0n) is 12.5. The summed E-state index contributed by atoms with van der Waals surface area (Å²) in [6.07, 6.45) is 3.37. The highest BCUT2D eigenvalue weighted by Crippen LogP contribution is 2.19. The van der Waals surface area contributed by atoms with E-state index in [9.17, 15) is 4.39 Å². The summed E-state index contributed by atoms with van der Waals surface area (Å²) in [6, 6.07) is 4.90. The normalized spacial score (nSPS) is 15.0. The third-order valence-corrected chi connectivity index (χ3v) is 3.60. The third kappa shape index (κ3) is 3.08. The maximum atomic E-state index is 13.8. The van der Waals surface area contributed by atoms with Crippen molar-refractivity contribution in [2.24, 2.45) is 0 Å². The summed E-state index contributed by atoms with van der Waals surface area (Å²) in [7, 11) is 0. The average Bonchev–Trinajstić information content (AvgIpc) is 2.56. The summed E-state index contributed by atoms with van der Waals surface area (Å²) >= 11 is 0. The first-order valence-corrected chi connectivity index (χ1v) is 7.45. The molecule has 0 saturated carbocycles. The van der Waals surface area contributed by atoms with Crippen molar-refractivity contribution in [1.82, 2.24) is 15.0 Å². The largest absolute Gasteiger partial charge is 0.370 e. The molecule has 0 aromatic carbocycles. The van der Waals surface area contributed by atoms with E-state index in [4.69, 9.17) is 0 Å². The molecule has 0 atom stereocenters. The fourth-order valence-corrected chi connectivity index (χ4v) is 2.51. The van der Waals surface area contributed by atoms with E-state index in [0.717, 1.165) is 25.5 Å². The Kier molecular flexibility index (Phi) is 4.32. The number of nitrogens with zero attached hydrogens (tertiary/aromatic N) is 5. The average molecular weight is 302 g/mol. The molecule has 0 unspecified atom stereocenters. The molecule has 1 saturated heterocycles. The lowest BCUT2D eigenvalue weighted by Gasteiger charge is -2.35. The second kappa shape index (κ2) is 6.55. The Morgan fingerprint density at radius 2 is 1.86 bits per heavy atom. The maximum absolute atomic E-state index is 13.8. The van der Waals surface area contributed by atoms with E-state index >= 15 is 0 Å². The second-order valence-corrected chi connectivity index (χ2v) is 5.06. The molecule has 2 aromatic heterocycles. The predicted molar refractivity (Wildman–Crippen MR) is 84.8 cm³/mol. The SMILES string of the molecule is CCNc1ccnc(N2CCN(c3ncccc3F)CC2)n1. The lowest BCUT2D eigenvalue weighted by atomic mass is 10.3. The van der Waals surface area contributed by atoms with Gasteiger partial charge in [0.05, 0.1) is 0 Å². The van der Waals surface area contributed by atoms with E-state index in [1.54, 1.807) is 18.5 Å². The fourth-order valence-electron chi connectivity index (χ4n) is 2.51. The topological polar surface area (TPSA) is 57.2 Å². The van der Waals surface area contributed by atoms with E-state index in [1.165, 1.54) is 6.07 Å². The molecule has 0 amide bonds. The Labute approximate surface area is 129 Å². The number of halogens is 1. The van der Waals surface area contributed by atoms with E-state index < -0.39 is 0 Å². The Morgan fingerprint density at radius 3 is 2.59 bits per heavy atom. The first kappa shape index (κ1) is 14.5. The molecule has 0 bridgehead atoms. The van der Waals surface area contributed by atoms with E-state index in [2.05, 4.69) is 25.2 Å². The van der Waals surface area contributed by atoms with Gasteiger partial charge in [0, 0.05) is 45.1 Å². The second-order valence-electron chi connectivity index (χ2n) is 5.06. The van der Waals surface area contributed by atoms with Crippen LogP contribution in [0, 0.1) is 5.82 Å². The van der Waals surface area contributed by atoms with Gasteiger partial charge in [0.2, 0.25) is 5.95 Å². The number of rotatable bonds is 4. The molecule has 1 aliphatic rings. The summed E-state index contributed by atoms with van der Waals surface area (Å²) < 4.78 is 13.8. The van der Waals surface area contributed by atoms with Crippen molar-refractivity contribution < 1.29 is 4.39 Å². The molecular weight excluding hydrogens is 283 g/mol. The Bertz CT molecular complexity index is 627. The van der Waals surface area contributed by atoms with E-state index in [-0.39, 0.29) is 5.82 Å². The van der Waals surface area contributed by atoms with Crippen LogP contribution in [0.25, 0.3) is 0 Å². The van der Waals surface area contributed by atoms with Gasteiger partial charge in [-0.05, 0) is 25.1 Å². The molecule has 3 rings (SSSR count). The molecule has 0 radical (unpaired) electrons. The Balaban J connectivity index is 1.67. The minimum absolute atomic E-state index is 0.277. The number of hydrogen-bond acceptors (Lipinski definition) is 6. The molecule has 0 spiro atoms. The molecule has 0 aliphatic carbocycles. The van der Waals surface area contributed by atoms with Crippen LogP contribution in [-0.2, 0) is 0 Å². The zero-order chi connectivity index (χ0) is 15.4. The number of pyridine rings is 1. The highest BCUT2D eigenvalue weighted by Gasteiger charge is 2.21. The van der Waals surface area contributed by atoms with Crippen LogP contribution in [-0.4, -0.2) is 47.7 Å². The highest BCUT2D eigenvalue weighted by molar-refractivity contribution is 5.45. The lowest BCUT2D eigenvalue weighted by molar-refractivity contribution is 0.585. The van der Waals surface area contributed by atoms with Gasteiger partial charge in [0.25, 0.3) is 0 Å². The van der Waals surface area contributed by atoms with E-state index in [1.807, 2.05) is 17.9 Å². The van der Waals surface area contributed by atoms with Gasteiger partial charge in [-0.25, -0.2) is 14.4 Å². The molecule has 22 heavy (non-hydrogen) atoms. The van der Waals surface area contributed by atoms with Gasteiger partial charge >= 0.3 is 0 Å². The van der Waals surface area contributed by atoms with Crippen LogP contribution < -0.4 is 15.1 Å². The summed E-state index contributed by atoms with van der Waals surface area (Å²) in [5.74, 6) is 1.68. The highest BCUT2D eigenvalue weighted by atomic mass is 19.1. The minimum Gasteiger partial charge on any atom is -0.370 e. The van der Waals surface area contributed by atoms with Crippen LogP contribution >= 0.6 is 0 Å². The molecular formula is C15H19FN6. The number of nitrogens with one attached hydrogen (secondary N) is 1. The van der Waals surface area contributed by atoms with Crippen molar-refractivity contribution in [2.75, 3.05) is 47.8 Å². The third-order valence-electron chi connectivity index (χ3n) is 3.60. The molecule has 3 heterocycles.